The molecular formula is C5H14N2O2. The molecular weight excluding hydrogens is 120 g/mol. The molecule has 1 unspecified atom stereocenters. The van der Waals surface area contributed by atoms with Crippen LogP contribution >= 0.6 is 0 Å². The fourth-order valence-electron chi connectivity index (χ4n) is 0.522. The van der Waals surface area contributed by atoms with Crippen molar-refractivity contribution in [1.82, 2.24) is 0 Å². The van der Waals surface area contributed by atoms with E-state index in [9.17, 15) is 0 Å². The van der Waals surface area contributed by atoms with Gasteiger partial charge in [-0.3, -0.25) is 11.5 Å². The van der Waals surface area contributed by atoms with Gasteiger partial charge in [0, 0.05) is 6.42 Å². The molecule has 0 aliphatic rings. The van der Waals surface area contributed by atoms with Crippen molar-refractivity contribution >= 4 is 0 Å². The maximum absolute atomic E-state index is 8.87. The van der Waals surface area contributed by atoms with Crippen LogP contribution in [0.15, 0.2) is 0 Å². The fraction of sp³-hybridized carbons (Fsp3) is 1.00. The molecule has 0 heterocycles. The van der Waals surface area contributed by atoms with Crippen LogP contribution in [-0.2, 0) is 0 Å². The number of aliphatic hydroxyl groups is 2. The molecule has 0 rings (SSSR count). The second-order valence-electron chi connectivity index (χ2n) is 2.26. The van der Waals surface area contributed by atoms with Crippen LogP contribution in [0.1, 0.15) is 19.8 Å². The second-order valence-corrected chi connectivity index (χ2v) is 2.26. The lowest BCUT2D eigenvalue weighted by molar-refractivity contribution is -0.00177. The molecule has 0 aliphatic carbocycles. The summed E-state index contributed by atoms with van der Waals surface area (Å²) in [6, 6.07) is 0. The van der Waals surface area contributed by atoms with E-state index >= 15 is 0 Å². The van der Waals surface area contributed by atoms with E-state index in [1.165, 1.54) is 0 Å². The number of hydrogen-bond acceptors (Lipinski definition) is 4. The quantitative estimate of drug-likeness (QED) is 0.361. The van der Waals surface area contributed by atoms with Gasteiger partial charge in [0.2, 0.25) is 0 Å². The minimum atomic E-state index is -1.73. The van der Waals surface area contributed by atoms with Crippen LogP contribution in [0.3, 0.4) is 0 Å². The Balaban J connectivity index is 3.47. The number of rotatable bonds is 3. The predicted molar refractivity (Wildman–Crippen MR) is 34.2 cm³/mol. The first kappa shape index (κ1) is 8.84. The van der Waals surface area contributed by atoms with Gasteiger partial charge in [-0.15, -0.1) is 0 Å². The molecule has 4 nitrogen and oxygen atoms in total. The fourth-order valence-corrected chi connectivity index (χ4v) is 0.522. The molecule has 0 aliphatic heterocycles. The Kier molecular flexibility index (Phi) is 3.07. The second kappa shape index (κ2) is 3.12. The minimum Gasteiger partial charge on any atom is -0.393 e. The third kappa shape index (κ3) is 5.72. The van der Waals surface area contributed by atoms with E-state index < -0.39 is 12.0 Å². The van der Waals surface area contributed by atoms with E-state index in [2.05, 4.69) is 0 Å². The van der Waals surface area contributed by atoms with Crippen molar-refractivity contribution < 1.29 is 10.2 Å². The van der Waals surface area contributed by atoms with Crippen molar-refractivity contribution in [3.05, 3.63) is 0 Å². The molecule has 0 saturated carbocycles. The summed E-state index contributed by atoms with van der Waals surface area (Å²) >= 11 is 0. The van der Waals surface area contributed by atoms with Crippen LogP contribution in [0.2, 0.25) is 0 Å². The summed E-state index contributed by atoms with van der Waals surface area (Å²) in [6.45, 7) is 1.79. The van der Waals surface area contributed by atoms with Gasteiger partial charge in [-0.2, -0.15) is 0 Å². The summed E-state index contributed by atoms with van der Waals surface area (Å²) in [5.74, 6) is -1.73. The van der Waals surface area contributed by atoms with Crippen molar-refractivity contribution in [2.45, 2.75) is 31.7 Å². The zero-order chi connectivity index (χ0) is 7.49. The van der Waals surface area contributed by atoms with Crippen LogP contribution < -0.4 is 11.5 Å². The van der Waals surface area contributed by atoms with Crippen molar-refractivity contribution in [2.75, 3.05) is 0 Å². The van der Waals surface area contributed by atoms with E-state index in [0.717, 1.165) is 0 Å². The average Bonchev–Trinajstić information content (AvgIpc) is 1.62. The maximum atomic E-state index is 8.87. The van der Waals surface area contributed by atoms with Gasteiger partial charge in [-0.25, -0.2) is 0 Å². The standard InChI is InChI=1S/C5H14N2O2/c1-2-4(8)3-5(6,7)9/h4,8-9H,2-3,6-7H2,1H3. The SMILES string of the molecule is CCC(O)CC(N)(N)O. The minimum absolute atomic E-state index is 0.0174. The Bertz CT molecular complexity index is 79.5. The molecule has 56 valence electrons. The third-order valence-electron chi connectivity index (χ3n) is 1.03. The molecule has 0 aromatic heterocycles. The lowest BCUT2D eigenvalue weighted by Crippen LogP contribution is -2.51. The number of nitrogens with two attached hydrogens (primary N) is 2. The van der Waals surface area contributed by atoms with Gasteiger partial charge in [-0.1, -0.05) is 6.92 Å². The first-order valence-electron chi connectivity index (χ1n) is 2.94. The average molecular weight is 134 g/mol. The van der Waals surface area contributed by atoms with Gasteiger partial charge < -0.3 is 10.2 Å². The molecule has 1 atom stereocenters. The van der Waals surface area contributed by atoms with Crippen molar-refractivity contribution in [1.29, 1.82) is 0 Å². The molecule has 0 aromatic rings. The van der Waals surface area contributed by atoms with Gasteiger partial charge in [0.1, 0.15) is 0 Å². The van der Waals surface area contributed by atoms with Crippen LogP contribution in [0.25, 0.3) is 0 Å². The highest BCUT2D eigenvalue weighted by molar-refractivity contribution is 4.66. The summed E-state index contributed by atoms with van der Waals surface area (Å²) in [5.41, 5.74) is 9.97. The molecule has 0 saturated heterocycles. The van der Waals surface area contributed by atoms with E-state index in [-0.39, 0.29) is 6.42 Å². The molecule has 0 aromatic carbocycles. The summed E-state index contributed by atoms with van der Waals surface area (Å²) in [6.07, 6.45) is -0.0368. The van der Waals surface area contributed by atoms with Crippen LogP contribution in [-0.4, -0.2) is 22.2 Å². The number of hydrogen-bond donors (Lipinski definition) is 4. The predicted octanol–water partition coefficient (Wildman–Crippen LogP) is -1.29. The largest absolute Gasteiger partial charge is 0.393 e. The van der Waals surface area contributed by atoms with Crippen molar-refractivity contribution in [2.24, 2.45) is 11.5 Å². The highest BCUT2D eigenvalue weighted by atomic mass is 16.3. The Morgan fingerprint density at radius 3 is 2.11 bits per heavy atom. The van der Waals surface area contributed by atoms with Crippen molar-refractivity contribution in [3.63, 3.8) is 0 Å². The van der Waals surface area contributed by atoms with Crippen LogP contribution in [0.5, 0.6) is 0 Å². The Morgan fingerprint density at radius 1 is 1.56 bits per heavy atom. The maximum Gasteiger partial charge on any atom is 0.169 e. The molecule has 6 N–H and O–H groups in total. The summed E-state index contributed by atoms with van der Waals surface area (Å²) in [7, 11) is 0. The highest BCUT2D eigenvalue weighted by Crippen LogP contribution is 2.01. The zero-order valence-corrected chi connectivity index (χ0v) is 5.54. The first-order valence-corrected chi connectivity index (χ1v) is 2.94. The Labute approximate surface area is 54.5 Å². The van der Waals surface area contributed by atoms with E-state index in [1.54, 1.807) is 6.92 Å². The topological polar surface area (TPSA) is 92.5 Å². The van der Waals surface area contributed by atoms with Gasteiger partial charge in [0.25, 0.3) is 0 Å². The van der Waals surface area contributed by atoms with Gasteiger partial charge in [-0.05, 0) is 6.42 Å². The Morgan fingerprint density at radius 2 is 2.00 bits per heavy atom. The summed E-state index contributed by atoms with van der Waals surface area (Å²) in [4.78, 5) is 0. The van der Waals surface area contributed by atoms with E-state index in [4.69, 9.17) is 21.7 Å². The van der Waals surface area contributed by atoms with Gasteiger partial charge in [0.05, 0.1) is 6.10 Å². The molecule has 9 heavy (non-hydrogen) atoms. The monoisotopic (exact) mass is 134 g/mol. The molecule has 0 amide bonds. The summed E-state index contributed by atoms with van der Waals surface area (Å²) < 4.78 is 0. The molecule has 0 fully saturated rings. The lowest BCUT2D eigenvalue weighted by atomic mass is 10.1. The summed E-state index contributed by atoms with van der Waals surface area (Å²) in [5, 5.41) is 17.6. The first-order chi connectivity index (χ1) is 3.95. The van der Waals surface area contributed by atoms with E-state index in [1.807, 2.05) is 0 Å². The lowest BCUT2D eigenvalue weighted by Gasteiger charge is -2.19. The van der Waals surface area contributed by atoms with Crippen molar-refractivity contribution in [3.8, 4) is 0 Å². The highest BCUT2D eigenvalue weighted by Gasteiger charge is 2.17. The molecule has 0 bridgehead atoms. The Hall–Kier alpha value is -0.160. The smallest absolute Gasteiger partial charge is 0.169 e. The zero-order valence-electron chi connectivity index (χ0n) is 5.54. The normalized spacial score (nSPS) is 15.7. The van der Waals surface area contributed by atoms with Crippen LogP contribution in [0.4, 0.5) is 0 Å². The van der Waals surface area contributed by atoms with E-state index in [0.29, 0.717) is 6.42 Å². The van der Waals surface area contributed by atoms with Crippen LogP contribution in [0, 0.1) is 0 Å². The molecule has 0 spiro atoms. The third-order valence-corrected chi connectivity index (χ3v) is 1.03. The van der Waals surface area contributed by atoms with Gasteiger partial charge >= 0.3 is 0 Å². The number of aliphatic hydroxyl groups excluding tert-OH is 1. The molecule has 4 heteroatoms. The molecule has 0 radical (unpaired) electrons. The van der Waals surface area contributed by atoms with Gasteiger partial charge in [0.15, 0.2) is 5.85 Å².